The number of para-hydroxylation sites is 1. The van der Waals surface area contributed by atoms with Crippen LogP contribution < -0.4 is 11.3 Å². The number of nitrogens with zero attached hydrogens (tertiary/aromatic N) is 1. The summed E-state index contributed by atoms with van der Waals surface area (Å²) in [6, 6.07) is 9.94. The minimum Gasteiger partial charge on any atom is -0.308 e. The summed E-state index contributed by atoms with van der Waals surface area (Å²) in [5.41, 5.74) is 4.70. The SMILES string of the molecule is Cc1cc(NN)nc2ccccc12.Cl. The molecule has 1 aromatic heterocycles. The molecule has 2 aromatic rings. The highest BCUT2D eigenvalue weighted by Crippen LogP contribution is 2.18. The number of hydrogen-bond donors (Lipinski definition) is 2. The minimum absolute atomic E-state index is 0. The summed E-state index contributed by atoms with van der Waals surface area (Å²) < 4.78 is 0. The molecule has 0 unspecified atom stereocenters. The van der Waals surface area contributed by atoms with Gasteiger partial charge in [-0.25, -0.2) is 10.8 Å². The summed E-state index contributed by atoms with van der Waals surface area (Å²) in [5.74, 6) is 6.00. The zero-order valence-electron chi connectivity index (χ0n) is 7.82. The maximum absolute atomic E-state index is 5.30. The van der Waals surface area contributed by atoms with Crippen molar-refractivity contribution in [3.8, 4) is 0 Å². The van der Waals surface area contributed by atoms with Crippen molar-refractivity contribution in [3.05, 3.63) is 35.9 Å². The van der Waals surface area contributed by atoms with Crippen molar-refractivity contribution in [1.29, 1.82) is 0 Å². The van der Waals surface area contributed by atoms with Crippen LogP contribution >= 0.6 is 12.4 Å². The number of benzene rings is 1. The zero-order valence-corrected chi connectivity index (χ0v) is 8.64. The first-order valence-corrected chi connectivity index (χ1v) is 4.14. The number of aryl methyl sites for hydroxylation is 1. The van der Waals surface area contributed by atoms with Gasteiger partial charge in [-0.15, -0.1) is 12.4 Å². The fraction of sp³-hybridized carbons (Fsp3) is 0.100. The summed E-state index contributed by atoms with van der Waals surface area (Å²) in [5, 5.41) is 1.17. The lowest BCUT2D eigenvalue weighted by atomic mass is 10.1. The van der Waals surface area contributed by atoms with Gasteiger partial charge in [0.05, 0.1) is 5.52 Å². The Kier molecular flexibility index (Phi) is 3.28. The number of nitrogens with two attached hydrogens (primary N) is 1. The van der Waals surface area contributed by atoms with Crippen molar-refractivity contribution in [2.75, 3.05) is 5.43 Å². The maximum Gasteiger partial charge on any atom is 0.140 e. The Labute approximate surface area is 88.7 Å². The molecule has 0 atom stereocenters. The first-order valence-electron chi connectivity index (χ1n) is 4.14. The standard InChI is InChI=1S/C10H11N3.ClH/c1-7-6-10(13-11)12-9-5-3-2-4-8(7)9;/h2-6H,11H2,1H3,(H,12,13);1H. The Morgan fingerprint density at radius 3 is 2.71 bits per heavy atom. The lowest BCUT2D eigenvalue weighted by Gasteiger charge is -2.04. The number of anilines is 1. The first kappa shape index (κ1) is 10.8. The van der Waals surface area contributed by atoms with Crippen molar-refractivity contribution >= 4 is 29.1 Å². The quantitative estimate of drug-likeness (QED) is 0.560. The van der Waals surface area contributed by atoms with E-state index < -0.39 is 0 Å². The van der Waals surface area contributed by atoms with Crippen LogP contribution in [0.3, 0.4) is 0 Å². The number of pyridine rings is 1. The van der Waals surface area contributed by atoms with Crippen LogP contribution in [0.5, 0.6) is 0 Å². The second-order valence-corrected chi connectivity index (χ2v) is 2.99. The van der Waals surface area contributed by atoms with Crippen LogP contribution in [0, 0.1) is 6.92 Å². The highest BCUT2D eigenvalue weighted by molar-refractivity contribution is 5.85. The molecule has 74 valence electrons. The molecule has 0 saturated carbocycles. The predicted molar refractivity (Wildman–Crippen MR) is 61.5 cm³/mol. The van der Waals surface area contributed by atoms with Crippen molar-refractivity contribution in [2.45, 2.75) is 6.92 Å². The predicted octanol–water partition coefficient (Wildman–Crippen LogP) is 2.25. The molecule has 3 N–H and O–H groups in total. The summed E-state index contributed by atoms with van der Waals surface area (Å²) in [6.07, 6.45) is 0. The fourth-order valence-corrected chi connectivity index (χ4v) is 1.42. The van der Waals surface area contributed by atoms with E-state index in [9.17, 15) is 0 Å². The molecule has 2 rings (SSSR count). The number of aromatic nitrogens is 1. The molecule has 1 heterocycles. The summed E-state index contributed by atoms with van der Waals surface area (Å²) in [6.45, 7) is 2.05. The Morgan fingerprint density at radius 1 is 1.29 bits per heavy atom. The van der Waals surface area contributed by atoms with E-state index in [0.29, 0.717) is 5.82 Å². The van der Waals surface area contributed by atoms with E-state index >= 15 is 0 Å². The topological polar surface area (TPSA) is 50.9 Å². The van der Waals surface area contributed by atoms with Crippen LogP contribution in [0.25, 0.3) is 10.9 Å². The molecule has 0 aliphatic heterocycles. The molecule has 0 aliphatic carbocycles. The van der Waals surface area contributed by atoms with E-state index in [2.05, 4.69) is 16.5 Å². The Morgan fingerprint density at radius 2 is 2.00 bits per heavy atom. The van der Waals surface area contributed by atoms with Crippen LogP contribution in [0.15, 0.2) is 30.3 Å². The Balaban J connectivity index is 0.000000980. The van der Waals surface area contributed by atoms with Gasteiger partial charge in [0.25, 0.3) is 0 Å². The molecule has 1 aromatic carbocycles. The van der Waals surface area contributed by atoms with Gasteiger partial charge >= 0.3 is 0 Å². The molecule has 0 saturated heterocycles. The number of rotatable bonds is 1. The van der Waals surface area contributed by atoms with E-state index in [4.69, 9.17) is 5.84 Å². The molecule has 0 fully saturated rings. The van der Waals surface area contributed by atoms with Crippen LogP contribution in [0.2, 0.25) is 0 Å². The molecular formula is C10H12ClN3. The zero-order chi connectivity index (χ0) is 9.26. The highest BCUT2D eigenvalue weighted by atomic mass is 35.5. The minimum atomic E-state index is 0. The molecule has 14 heavy (non-hydrogen) atoms. The summed E-state index contributed by atoms with van der Waals surface area (Å²) in [7, 11) is 0. The summed E-state index contributed by atoms with van der Waals surface area (Å²) in [4.78, 5) is 4.32. The van der Waals surface area contributed by atoms with Crippen molar-refractivity contribution in [3.63, 3.8) is 0 Å². The van der Waals surface area contributed by atoms with Crippen molar-refractivity contribution in [2.24, 2.45) is 5.84 Å². The third-order valence-corrected chi connectivity index (χ3v) is 2.07. The van der Waals surface area contributed by atoms with Crippen LogP contribution in [-0.2, 0) is 0 Å². The number of hydrogen-bond acceptors (Lipinski definition) is 3. The molecule has 0 amide bonds. The smallest absolute Gasteiger partial charge is 0.140 e. The average Bonchev–Trinajstić information content (AvgIpc) is 2.18. The Bertz CT molecular complexity index is 442. The van der Waals surface area contributed by atoms with Gasteiger partial charge in [-0.3, -0.25) is 0 Å². The molecule has 0 radical (unpaired) electrons. The van der Waals surface area contributed by atoms with Gasteiger partial charge in [-0.05, 0) is 24.6 Å². The lowest BCUT2D eigenvalue weighted by molar-refractivity contribution is 1.25. The number of hydrazine groups is 1. The lowest BCUT2D eigenvalue weighted by Crippen LogP contribution is -2.08. The first-order chi connectivity index (χ1) is 6.31. The van der Waals surface area contributed by atoms with Gasteiger partial charge in [0.2, 0.25) is 0 Å². The molecule has 3 nitrogen and oxygen atoms in total. The van der Waals surface area contributed by atoms with Gasteiger partial charge in [0, 0.05) is 5.39 Å². The molecular weight excluding hydrogens is 198 g/mol. The molecule has 0 bridgehead atoms. The fourth-order valence-electron chi connectivity index (χ4n) is 1.42. The largest absolute Gasteiger partial charge is 0.308 e. The molecule has 4 heteroatoms. The Hall–Kier alpha value is -1.32. The maximum atomic E-state index is 5.30. The highest BCUT2D eigenvalue weighted by Gasteiger charge is 1.99. The number of fused-ring (bicyclic) bond motifs is 1. The van der Waals surface area contributed by atoms with Gasteiger partial charge in [0.15, 0.2) is 0 Å². The number of halogens is 1. The van der Waals surface area contributed by atoms with Crippen LogP contribution in [0.1, 0.15) is 5.56 Å². The second-order valence-electron chi connectivity index (χ2n) is 2.99. The van der Waals surface area contributed by atoms with E-state index in [1.165, 1.54) is 10.9 Å². The molecule has 0 spiro atoms. The number of nitrogen functional groups attached to an aromatic ring is 1. The van der Waals surface area contributed by atoms with Crippen molar-refractivity contribution in [1.82, 2.24) is 4.98 Å². The normalized spacial score (nSPS) is 9.57. The average molecular weight is 210 g/mol. The van der Waals surface area contributed by atoms with Crippen LogP contribution in [0.4, 0.5) is 5.82 Å². The molecule has 0 aliphatic rings. The van der Waals surface area contributed by atoms with Gasteiger partial charge < -0.3 is 5.43 Å². The van der Waals surface area contributed by atoms with E-state index in [-0.39, 0.29) is 12.4 Å². The van der Waals surface area contributed by atoms with E-state index in [0.717, 1.165) is 5.52 Å². The monoisotopic (exact) mass is 209 g/mol. The van der Waals surface area contributed by atoms with Crippen molar-refractivity contribution < 1.29 is 0 Å². The van der Waals surface area contributed by atoms with E-state index in [1.807, 2.05) is 31.2 Å². The third-order valence-electron chi connectivity index (χ3n) is 2.07. The van der Waals surface area contributed by atoms with Crippen LogP contribution in [-0.4, -0.2) is 4.98 Å². The number of nitrogens with one attached hydrogen (secondary N) is 1. The third kappa shape index (κ3) is 1.78. The van der Waals surface area contributed by atoms with Gasteiger partial charge in [-0.1, -0.05) is 18.2 Å². The van der Waals surface area contributed by atoms with E-state index in [1.54, 1.807) is 0 Å². The summed E-state index contributed by atoms with van der Waals surface area (Å²) >= 11 is 0. The second kappa shape index (κ2) is 4.26. The van der Waals surface area contributed by atoms with Gasteiger partial charge in [-0.2, -0.15) is 0 Å². The van der Waals surface area contributed by atoms with Gasteiger partial charge in [0.1, 0.15) is 5.82 Å².